The van der Waals surface area contributed by atoms with Gasteiger partial charge >= 0.3 is 0 Å². The second-order valence-corrected chi connectivity index (χ2v) is 5.91. The predicted octanol–water partition coefficient (Wildman–Crippen LogP) is 4.53. The highest BCUT2D eigenvalue weighted by Gasteiger charge is 2.29. The molecule has 0 saturated heterocycles. The molecular weight excluding hydrogens is 291 g/mol. The molecule has 3 nitrogen and oxygen atoms in total. The zero-order valence-corrected chi connectivity index (χ0v) is 12.4. The van der Waals surface area contributed by atoms with E-state index >= 15 is 0 Å². The minimum Gasteiger partial charge on any atom is -0.438 e. The molecule has 0 amide bonds. The Kier molecular flexibility index (Phi) is 3.14. The molecule has 2 aromatic carbocycles. The summed E-state index contributed by atoms with van der Waals surface area (Å²) in [6, 6.07) is 10.0. The van der Waals surface area contributed by atoms with E-state index in [-0.39, 0.29) is 5.02 Å². The van der Waals surface area contributed by atoms with Crippen molar-refractivity contribution < 1.29 is 8.81 Å². The number of oxazole rings is 1. The highest BCUT2D eigenvalue weighted by molar-refractivity contribution is 6.34. The number of halogens is 2. The third-order valence-corrected chi connectivity index (χ3v) is 3.86. The average Bonchev–Trinajstić information content (AvgIpc) is 2.84. The van der Waals surface area contributed by atoms with Crippen molar-refractivity contribution in [3.63, 3.8) is 0 Å². The SMILES string of the molecule is CC(C)(c1ccc(N)cc1)c1nc2cc(F)cc(Cl)c2o1. The summed E-state index contributed by atoms with van der Waals surface area (Å²) in [6.07, 6.45) is 0. The maximum atomic E-state index is 13.4. The summed E-state index contributed by atoms with van der Waals surface area (Å²) in [7, 11) is 0. The number of benzene rings is 2. The van der Waals surface area contributed by atoms with Gasteiger partial charge in [-0.15, -0.1) is 0 Å². The largest absolute Gasteiger partial charge is 0.438 e. The smallest absolute Gasteiger partial charge is 0.205 e. The second-order valence-electron chi connectivity index (χ2n) is 5.50. The highest BCUT2D eigenvalue weighted by Crippen LogP contribution is 2.35. The normalized spacial score (nSPS) is 12.0. The molecule has 0 fully saturated rings. The zero-order chi connectivity index (χ0) is 15.2. The van der Waals surface area contributed by atoms with Crippen LogP contribution in [0.15, 0.2) is 40.8 Å². The van der Waals surface area contributed by atoms with Gasteiger partial charge in [-0.05, 0) is 37.6 Å². The Labute approximate surface area is 126 Å². The fourth-order valence-corrected chi connectivity index (χ4v) is 2.49. The Balaban J connectivity index is 2.14. The lowest BCUT2D eigenvalue weighted by Gasteiger charge is -2.21. The fraction of sp³-hybridized carbons (Fsp3) is 0.188. The maximum absolute atomic E-state index is 13.4. The molecule has 0 atom stereocenters. The summed E-state index contributed by atoms with van der Waals surface area (Å²) in [5, 5.41) is 0.219. The number of nitrogens with zero attached hydrogens (tertiary/aromatic N) is 1. The topological polar surface area (TPSA) is 52.0 Å². The van der Waals surface area contributed by atoms with Crippen molar-refractivity contribution >= 4 is 28.4 Å². The lowest BCUT2D eigenvalue weighted by molar-refractivity contribution is 0.433. The summed E-state index contributed by atoms with van der Waals surface area (Å²) in [5.74, 6) is 0.0485. The zero-order valence-electron chi connectivity index (χ0n) is 11.7. The van der Waals surface area contributed by atoms with Crippen molar-refractivity contribution in [3.8, 4) is 0 Å². The Morgan fingerprint density at radius 3 is 2.52 bits per heavy atom. The molecule has 1 heterocycles. The minimum absolute atomic E-state index is 0.219. The third-order valence-electron chi connectivity index (χ3n) is 3.58. The van der Waals surface area contributed by atoms with Crippen LogP contribution in [0.1, 0.15) is 25.3 Å². The van der Waals surface area contributed by atoms with Crippen LogP contribution < -0.4 is 5.73 Å². The molecule has 0 unspecified atom stereocenters. The number of nitrogen functional groups attached to an aromatic ring is 1. The first kappa shape index (κ1) is 13.9. The van der Waals surface area contributed by atoms with E-state index in [1.807, 2.05) is 38.1 Å². The van der Waals surface area contributed by atoms with Crippen LogP contribution in [-0.4, -0.2) is 4.98 Å². The second kappa shape index (κ2) is 4.74. The van der Waals surface area contributed by atoms with Gasteiger partial charge in [0.2, 0.25) is 5.89 Å². The van der Waals surface area contributed by atoms with E-state index in [9.17, 15) is 4.39 Å². The van der Waals surface area contributed by atoms with Gasteiger partial charge in [0, 0.05) is 11.8 Å². The third kappa shape index (κ3) is 2.36. The Bertz CT molecular complexity index is 809. The molecule has 108 valence electrons. The molecule has 2 N–H and O–H groups in total. The molecule has 0 saturated carbocycles. The van der Waals surface area contributed by atoms with Crippen molar-refractivity contribution in [2.45, 2.75) is 19.3 Å². The van der Waals surface area contributed by atoms with Gasteiger partial charge in [-0.1, -0.05) is 23.7 Å². The quantitative estimate of drug-likeness (QED) is 0.708. The molecular formula is C16H14ClFN2O. The first-order valence-electron chi connectivity index (χ1n) is 6.50. The van der Waals surface area contributed by atoms with Gasteiger partial charge in [0.05, 0.1) is 10.4 Å². The van der Waals surface area contributed by atoms with Crippen LogP contribution in [-0.2, 0) is 5.41 Å². The molecule has 5 heteroatoms. The van der Waals surface area contributed by atoms with Crippen LogP contribution in [0.4, 0.5) is 10.1 Å². The minimum atomic E-state index is -0.480. The summed E-state index contributed by atoms with van der Waals surface area (Å²) >= 11 is 6.00. The standard InChI is InChI=1S/C16H14ClFN2O/c1-16(2,9-3-5-11(19)6-4-9)15-20-13-8-10(18)7-12(17)14(13)21-15/h3-8H,19H2,1-2H3. The van der Waals surface area contributed by atoms with E-state index in [0.29, 0.717) is 22.7 Å². The van der Waals surface area contributed by atoms with Crippen LogP contribution >= 0.6 is 11.6 Å². The lowest BCUT2D eigenvalue weighted by Crippen LogP contribution is -2.19. The van der Waals surface area contributed by atoms with E-state index < -0.39 is 11.2 Å². The van der Waals surface area contributed by atoms with Gasteiger partial charge in [-0.3, -0.25) is 0 Å². The van der Waals surface area contributed by atoms with Gasteiger partial charge < -0.3 is 10.2 Å². The van der Waals surface area contributed by atoms with Crippen molar-refractivity contribution in [2.24, 2.45) is 0 Å². The van der Waals surface area contributed by atoms with E-state index in [0.717, 1.165) is 5.56 Å². The van der Waals surface area contributed by atoms with Gasteiger partial charge in [-0.25, -0.2) is 9.37 Å². The van der Waals surface area contributed by atoms with Gasteiger partial charge in [0.15, 0.2) is 5.58 Å². The number of fused-ring (bicyclic) bond motifs is 1. The number of hydrogen-bond acceptors (Lipinski definition) is 3. The molecule has 3 aromatic rings. The van der Waals surface area contributed by atoms with Crippen molar-refractivity contribution in [3.05, 3.63) is 58.7 Å². The molecule has 3 rings (SSSR count). The summed E-state index contributed by atoms with van der Waals surface area (Å²) in [5.41, 5.74) is 7.74. The summed E-state index contributed by atoms with van der Waals surface area (Å²) in [4.78, 5) is 4.38. The Morgan fingerprint density at radius 2 is 1.86 bits per heavy atom. The van der Waals surface area contributed by atoms with Crippen LogP contribution in [0.25, 0.3) is 11.1 Å². The van der Waals surface area contributed by atoms with E-state index in [2.05, 4.69) is 4.98 Å². The van der Waals surface area contributed by atoms with Crippen LogP contribution in [0.2, 0.25) is 5.02 Å². The van der Waals surface area contributed by atoms with E-state index in [4.69, 9.17) is 21.8 Å². The van der Waals surface area contributed by atoms with Crippen LogP contribution in [0, 0.1) is 5.82 Å². The molecule has 0 aliphatic carbocycles. The van der Waals surface area contributed by atoms with Crippen molar-refractivity contribution in [1.29, 1.82) is 0 Å². The number of rotatable bonds is 2. The predicted molar refractivity (Wildman–Crippen MR) is 82.0 cm³/mol. The van der Waals surface area contributed by atoms with Gasteiger partial charge in [0.25, 0.3) is 0 Å². The first-order chi connectivity index (χ1) is 9.88. The van der Waals surface area contributed by atoms with Crippen LogP contribution in [0.5, 0.6) is 0 Å². The van der Waals surface area contributed by atoms with Gasteiger partial charge in [0.1, 0.15) is 11.3 Å². The molecule has 0 aliphatic heterocycles. The fourth-order valence-electron chi connectivity index (χ4n) is 2.25. The van der Waals surface area contributed by atoms with Crippen LogP contribution in [0.3, 0.4) is 0 Å². The average molecular weight is 305 g/mol. The lowest BCUT2D eigenvalue weighted by atomic mass is 9.84. The van der Waals surface area contributed by atoms with E-state index in [1.54, 1.807) is 0 Å². The monoisotopic (exact) mass is 304 g/mol. The van der Waals surface area contributed by atoms with Crippen molar-refractivity contribution in [1.82, 2.24) is 4.98 Å². The Hall–Kier alpha value is -2.07. The first-order valence-corrected chi connectivity index (χ1v) is 6.88. The summed E-state index contributed by atoms with van der Waals surface area (Å²) in [6.45, 7) is 3.96. The summed E-state index contributed by atoms with van der Waals surface area (Å²) < 4.78 is 19.2. The maximum Gasteiger partial charge on any atom is 0.205 e. The van der Waals surface area contributed by atoms with Crippen molar-refractivity contribution in [2.75, 3.05) is 5.73 Å². The number of aromatic nitrogens is 1. The highest BCUT2D eigenvalue weighted by atomic mass is 35.5. The molecule has 1 aromatic heterocycles. The molecule has 21 heavy (non-hydrogen) atoms. The number of hydrogen-bond donors (Lipinski definition) is 1. The Morgan fingerprint density at radius 1 is 1.19 bits per heavy atom. The number of nitrogens with two attached hydrogens (primary N) is 1. The van der Waals surface area contributed by atoms with E-state index in [1.165, 1.54) is 12.1 Å². The number of anilines is 1. The molecule has 0 aliphatic rings. The molecule has 0 radical (unpaired) electrons. The van der Waals surface area contributed by atoms with Gasteiger partial charge in [-0.2, -0.15) is 0 Å². The molecule has 0 spiro atoms. The molecule has 0 bridgehead atoms.